The third-order valence-corrected chi connectivity index (χ3v) is 2.34. The zero-order chi connectivity index (χ0) is 7.84. The summed E-state index contributed by atoms with van der Waals surface area (Å²) in [6.07, 6.45) is 0. The third-order valence-electron chi connectivity index (χ3n) is 1.23. The predicted octanol–water partition coefficient (Wildman–Crippen LogP) is -0.774. The number of thiocarbonyl (C=S) groups is 1. The largest absolute Gasteiger partial charge is 0.272 e. The molecule has 1 fully saturated rings. The van der Waals surface area contributed by atoms with Crippen molar-refractivity contribution in [1.29, 1.82) is 0 Å². The van der Waals surface area contributed by atoms with Crippen molar-refractivity contribution in [1.82, 2.24) is 15.9 Å². The number of hydrogen-bond donors (Lipinski definition) is 2. The third kappa shape index (κ3) is 1.05. The summed E-state index contributed by atoms with van der Waals surface area (Å²) in [5.74, 6) is 0.411. The summed E-state index contributed by atoms with van der Waals surface area (Å²) in [6, 6.07) is 0. The fraction of sp³-hybridized carbons (Fsp3) is 0.250. The second-order valence-corrected chi connectivity index (χ2v) is 3.32. The van der Waals surface area contributed by atoms with Gasteiger partial charge in [0.2, 0.25) is 10.3 Å². The summed E-state index contributed by atoms with van der Waals surface area (Å²) in [7, 11) is 0. The summed E-state index contributed by atoms with van der Waals surface area (Å²) < 4.78 is 0. The first kappa shape index (κ1) is 6.86. The molecule has 7 heteroatoms. The number of amidine groups is 1. The Morgan fingerprint density at radius 3 is 3.36 bits per heavy atom. The molecule has 0 spiro atoms. The normalized spacial score (nSPS) is 22.2. The van der Waals surface area contributed by atoms with Crippen LogP contribution in [0, 0.1) is 0 Å². The number of thioether (sulfide) groups is 1. The van der Waals surface area contributed by atoms with Gasteiger partial charge >= 0.3 is 0 Å². The maximum Gasteiger partial charge on any atom is 0.258 e. The van der Waals surface area contributed by atoms with E-state index in [0.29, 0.717) is 16.0 Å². The second-order valence-electron chi connectivity index (χ2n) is 1.96. The highest BCUT2D eigenvalue weighted by molar-refractivity contribution is 8.15. The number of rotatable bonds is 0. The van der Waals surface area contributed by atoms with E-state index >= 15 is 0 Å². The number of carbonyl (C=O) groups is 1. The van der Waals surface area contributed by atoms with Gasteiger partial charge in [-0.3, -0.25) is 10.2 Å². The average Bonchev–Trinajstić information content (AvgIpc) is 2.33. The van der Waals surface area contributed by atoms with Gasteiger partial charge in [-0.1, -0.05) is 11.8 Å². The molecule has 0 aliphatic carbocycles. The lowest BCUT2D eigenvalue weighted by Crippen LogP contribution is -2.52. The van der Waals surface area contributed by atoms with E-state index in [0.717, 1.165) is 0 Å². The van der Waals surface area contributed by atoms with Crippen LogP contribution in [-0.2, 0) is 4.79 Å². The van der Waals surface area contributed by atoms with E-state index in [-0.39, 0.29) is 5.91 Å². The summed E-state index contributed by atoms with van der Waals surface area (Å²) in [6.45, 7) is 0. The first-order valence-electron chi connectivity index (χ1n) is 2.87. The Bertz CT molecular complexity index is 263. The lowest BCUT2D eigenvalue weighted by atomic mass is 10.7. The Balaban J connectivity index is 2.29. The molecule has 2 aliphatic heterocycles. The first-order valence-corrected chi connectivity index (χ1v) is 4.27. The van der Waals surface area contributed by atoms with Crippen LogP contribution >= 0.6 is 24.0 Å². The number of hydrogen-bond acceptors (Lipinski definition) is 4. The van der Waals surface area contributed by atoms with Gasteiger partial charge in [0.1, 0.15) is 0 Å². The van der Waals surface area contributed by atoms with Crippen LogP contribution in [0.1, 0.15) is 0 Å². The first-order chi connectivity index (χ1) is 5.27. The molecule has 11 heavy (non-hydrogen) atoms. The monoisotopic (exact) mass is 188 g/mol. The van der Waals surface area contributed by atoms with Crippen LogP contribution in [0.25, 0.3) is 0 Å². The van der Waals surface area contributed by atoms with Crippen LogP contribution in [0.3, 0.4) is 0 Å². The predicted molar refractivity (Wildman–Crippen MR) is 45.6 cm³/mol. The molecule has 0 radical (unpaired) electrons. The van der Waals surface area contributed by atoms with Gasteiger partial charge in [-0.25, -0.2) is 5.43 Å². The van der Waals surface area contributed by atoms with E-state index in [9.17, 15) is 4.79 Å². The van der Waals surface area contributed by atoms with E-state index in [1.807, 2.05) is 0 Å². The minimum absolute atomic E-state index is 0.0161. The summed E-state index contributed by atoms with van der Waals surface area (Å²) in [5, 5.41) is 6.18. The molecular formula is C4H4N4OS2. The minimum Gasteiger partial charge on any atom is -0.272 e. The molecule has 0 unspecified atom stereocenters. The summed E-state index contributed by atoms with van der Waals surface area (Å²) in [4.78, 5) is 11.0. The summed E-state index contributed by atoms with van der Waals surface area (Å²) >= 11 is 6.13. The number of hydrazine groups is 1. The molecule has 0 atom stereocenters. The number of hydrazone groups is 1. The van der Waals surface area contributed by atoms with Crippen molar-refractivity contribution in [3.05, 3.63) is 0 Å². The van der Waals surface area contributed by atoms with Crippen LogP contribution in [0.15, 0.2) is 5.10 Å². The molecule has 58 valence electrons. The van der Waals surface area contributed by atoms with E-state index in [4.69, 9.17) is 12.2 Å². The fourth-order valence-electron chi connectivity index (χ4n) is 0.780. The minimum atomic E-state index is -0.0161. The smallest absolute Gasteiger partial charge is 0.258 e. The van der Waals surface area contributed by atoms with E-state index in [1.165, 1.54) is 16.8 Å². The summed E-state index contributed by atoms with van der Waals surface area (Å²) in [5.41, 5.74) is 5.25. The topological polar surface area (TPSA) is 56.7 Å². The van der Waals surface area contributed by atoms with Gasteiger partial charge < -0.3 is 0 Å². The molecule has 0 aromatic heterocycles. The highest BCUT2D eigenvalue weighted by Crippen LogP contribution is 2.17. The van der Waals surface area contributed by atoms with Crippen LogP contribution in [-0.4, -0.2) is 26.9 Å². The van der Waals surface area contributed by atoms with Gasteiger partial charge in [-0.2, -0.15) is 5.01 Å². The zero-order valence-corrected chi connectivity index (χ0v) is 6.96. The van der Waals surface area contributed by atoms with Crippen LogP contribution in [0.2, 0.25) is 0 Å². The molecule has 0 saturated carbocycles. The number of amides is 1. The van der Waals surface area contributed by atoms with E-state index in [2.05, 4.69) is 16.0 Å². The van der Waals surface area contributed by atoms with Gasteiger partial charge in [-0.15, -0.1) is 5.10 Å². The van der Waals surface area contributed by atoms with Crippen molar-refractivity contribution in [3.63, 3.8) is 0 Å². The van der Waals surface area contributed by atoms with Crippen LogP contribution < -0.4 is 10.9 Å². The van der Waals surface area contributed by atoms with Crippen molar-refractivity contribution < 1.29 is 4.79 Å². The fourth-order valence-corrected chi connectivity index (χ4v) is 1.69. The molecule has 0 bridgehead atoms. The number of nitrogens with zero attached hydrogens (tertiary/aromatic N) is 2. The average molecular weight is 188 g/mol. The quantitative estimate of drug-likeness (QED) is 0.489. The Morgan fingerprint density at radius 2 is 2.55 bits per heavy atom. The Morgan fingerprint density at radius 1 is 1.73 bits per heavy atom. The number of nitrogens with one attached hydrogen (secondary N) is 2. The van der Waals surface area contributed by atoms with Gasteiger partial charge in [-0.05, 0) is 12.2 Å². The molecule has 5 nitrogen and oxygen atoms in total. The lowest BCUT2D eigenvalue weighted by Gasteiger charge is -2.22. The highest BCUT2D eigenvalue weighted by Gasteiger charge is 2.31. The van der Waals surface area contributed by atoms with Crippen molar-refractivity contribution in [3.8, 4) is 0 Å². The van der Waals surface area contributed by atoms with Crippen LogP contribution in [0.4, 0.5) is 0 Å². The van der Waals surface area contributed by atoms with Gasteiger partial charge in [0.05, 0.1) is 5.75 Å². The van der Waals surface area contributed by atoms with Crippen molar-refractivity contribution in [2.24, 2.45) is 5.10 Å². The maximum atomic E-state index is 11.0. The number of carbonyl (C=O) groups excluding carboxylic acids is 1. The Kier molecular flexibility index (Phi) is 1.46. The standard InChI is InChI=1S/C4H4N4OS2/c9-2-1-11-4-6-5-3(10)7-8(2)4/h1H2,(H2,5,7,10). The molecule has 0 aromatic rings. The SMILES string of the molecule is O=C1CSC2=NNC(=S)NN12. The molecule has 2 aliphatic rings. The Hall–Kier alpha value is -0.820. The zero-order valence-electron chi connectivity index (χ0n) is 5.33. The molecular weight excluding hydrogens is 184 g/mol. The van der Waals surface area contributed by atoms with Gasteiger partial charge in [0, 0.05) is 0 Å². The van der Waals surface area contributed by atoms with Gasteiger partial charge in [0.25, 0.3) is 5.91 Å². The molecule has 1 saturated heterocycles. The molecule has 2 rings (SSSR count). The lowest BCUT2D eigenvalue weighted by molar-refractivity contribution is -0.125. The second kappa shape index (κ2) is 2.35. The van der Waals surface area contributed by atoms with Crippen LogP contribution in [0.5, 0.6) is 0 Å². The van der Waals surface area contributed by atoms with Crippen molar-refractivity contribution >= 4 is 40.2 Å². The maximum absolute atomic E-state index is 11.0. The van der Waals surface area contributed by atoms with Gasteiger partial charge in [0.15, 0.2) is 0 Å². The van der Waals surface area contributed by atoms with E-state index < -0.39 is 0 Å². The van der Waals surface area contributed by atoms with Crippen molar-refractivity contribution in [2.75, 3.05) is 5.75 Å². The Labute approximate surface area is 72.2 Å². The van der Waals surface area contributed by atoms with Crippen molar-refractivity contribution in [2.45, 2.75) is 0 Å². The molecule has 2 N–H and O–H groups in total. The number of fused-ring (bicyclic) bond motifs is 1. The molecule has 2 heterocycles. The van der Waals surface area contributed by atoms with E-state index in [1.54, 1.807) is 0 Å². The molecule has 0 aromatic carbocycles. The molecule has 1 amide bonds. The highest BCUT2D eigenvalue weighted by atomic mass is 32.2.